The number of sulfonamides is 1. The first-order valence-corrected chi connectivity index (χ1v) is 10.1. The van der Waals surface area contributed by atoms with Crippen molar-refractivity contribution < 1.29 is 27.5 Å². The predicted molar refractivity (Wildman–Crippen MR) is 95.4 cm³/mol. The minimum absolute atomic E-state index is 0.0491. The summed E-state index contributed by atoms with van der Waals surface area (Å²) in [6.45, 7) is 3.21. The monoisotopic (exact) mass is 395 g/mol. The van der Waals surface area contributed by atoms with Gasteiger partial charge in [-0.25, -0.2) is 8.42 Å². The van der Waals surface area contributed by atoms with Crippen molar-refractivity contribution in [1.82, 2.24) is 9.62 Å². The summed E-state index contributed by atoms with van der Waals surface area (Å²) in [7, 11) is -3.93. The van der Waals surface area contributed by atoms with Crippen molar-refractivity contribution in [3.05, 3.63) is 24.3 Å². The fraction of sp³-hybridized carbons (Fsp3) is 0.471. The fourth-order valence-electron chi connectivity index (χ4n) is 3.05. The summed E-state index contributed by atoms with van der Waals surface area (Å²) in [6.07, 6.45) is 0.309. The summed E-state index contributed by atoms with van der Waals surface area (Å²) >= 11 is 0. The number of morpholine rings is 1. The van der Waals surface area contributed by atoms with Gasteiger partial charge in [-0.3, -0.25) is 19.3 Å². The van der Waals surface area contributed by atoms with Gasteiger partial charge in [0.25, 0.3) is 0 Å². The van der Waals surface area contributed by atoms with Crippen LogP contribution >= 0.6 is 0 Å². The highest BCUT2D eigenvalue weighted by molar-refractivity contribution is 7.89. The van der Waals surface area contributed by atoms with Crippen molar-refractivity contribution in [1.29, 1.82) is 0 Å². The van der Waals surface area contributed by atoms with Crippen molar-refractivity contribution in [3.8, 4) is 0 Å². The molecular formula is C17H21N3O6S. The molecule has 0 saturated carbocycles. The Morgan fingerprint density at radius 1 is 1.07 bits per heavy atom. The molecule has 10 heteroatoms. The Morgan fingerprint density at radius 2 is 1.63 bits per heavy atom. The number of carbonyl (C=O) groups excluding carboxylic acids is 3. The number of carbonyl (C=O) groups is 3. The van der Waals surface area contributed by atoms with Gasteiger partial charge in [-0.2, -0.15) is 4.72 Å². The quantitative estimate of drug-likeness (QED) is 0.695. The number of amides is 3. The Morgan fingerprint density at radius 3 is 2.19 bits per heavy atom. The average Bonchev–Trinajstić information content (AvgIpc) is 3.00. The molecule has 0 radical (unpaired) electrons. The van der Waals surface area contributed by atoms with E-state index in [2.05, 4.69) is 4.72 Å². The maximum atomic E-state index is 12.5. The van der Waals surface area contributed by atoms with E-state index in [0.29, 0.717) is 32.0 Å². The lowest BCUT2D eigenvalue weighted by Crippen LogP contribution is -2.50. The van der Waals surface area contributed by atoms with E-state index >= 15 is 0 Å². The number of hydrogen-bond acceptors (Lipinski definition) is 6. The van der Waals surface area contributed by atoms with E-state index in [1.807, 2.05) is 0 Å². The number of ether oxygens (including phenoxy) is 1. The molecule has 0 aromatic heterocycles. The molecule has 2 saturated heterocycles. The smallest absolute Gasteiger partial charge is 0.241 e. The van der Waals surface area contributed by atoms with Crippen molar-refractivity contribution in [3.63, 3.8) is 0 Å². The molecule has 3 rings (SSSR count). The molecule has 0 bridgehead atoms. The van der Waals surface area contributed by atoms with E-state index in [0.717, 1.165) is 4.90 Å². The molecule has 1 atom stereocenters. The van der Waals surface area contributed by atoms with Crippen molar-refractivity contribution in [2.75, 3.05) is 31.2 Å². The lowest BCUT2D eigenvalue weighted by molar-refractivity contribution is -0.136. The molecule has 2 fully saturated rings. The van der Waals surface area contributed by atoms with Gasteiger partial charge in [-0.1, -0.05) is 0 Å². The molecule has 9 nitrogen and oxygen atoms in total. The molecule has 2 heterocycles. The normalized spacial score (nSPS) is 19.4. The van der Waals surface area contributed by atoms with Crippen LogP contribution in [0.5, 0.6) is 0 Å². The van der Waals surface area contributed by atoms with Gasteiger partial charge in [-0.15, -0.1) is 0 Å². The van der Waals surface area contributed by atoms with Gasteiger partial charge < -0.3 is 9.64 Å². The van der Waals surface area contributed by atoms with Gasteiger partial charge in [0.2, 0.25) is 27.7 Å². The Balaban J connectivity index is 1.70. The first-order valence-electron chi connectivity index (χ1n) is 8.64. The van der Waals surface area contributed by atoms with Crippen molar-refractivity contribution in [2.24, 2.45) is 0 Å². The van der Waals surface area contributed by atoms with E-state index in [9.17, 15) is 22.8 Å². The van der Waals surface area contributed by atoms with E-state index in [1.165, 1.54) is 31.2 Å². The standard InChI is InChI=1S/C17H21N3O6S/c1-12(17(23)19-8-10-26-11-9-19)18-27(24,25)14-4-2-13(3-5-14)20-15(21)6-7-16(20)22/h2-5,12,18H,6-11H2,1H3/t12-/m0/s1. The van der Waals surface area contributed by atoms with Crippen LogP contribution in [0, 0.1) is 0 Å². The van der Waals surface area contributed by atoms with Crippen LogP contribution in [-0.4, -0.2) is 63.4 Å². The molecular weight excluding hydrogens is 374 g/mol. The highest BCUT2D eigenvalue weighted by Gasteiger charge is 2.31. The second-order valence-electron chi connectivity index (χ2n) is 6.40. The van der Waals surface area contributed by atoms with E-state index in [-0.39, 0.29) is 35.5 Å². The molecule has 2 aliphatic heterocycles. The Hall–Kier alpha value is -2.30. The van der Waals surface area contributed by atoms with Crippen molar-refractivity contribution in [2.45, 2.75) is 30.7 Å². The van der Waals surface area contributed by atoms with Crippen LogP contribution in [0.2, 0.25) is 0 Å². The zero-order chi connectivity index (χ0) is 19.6. The fourth-order valence-corrected chi connectivity index (χ4v) is 4.24. The number of rotatable bonds is 5. The lowest BCUT2D eigenvalue weighted by atomic mass is 10.3. The van der Waals surface area contributed by atoms with Crippen LogP contribution in [0.3, 0.4) is 0 Å². The summed E-state index contributed by atoms with van der Waals surface area (Å²) in [5, 5.41) is 0. The number of imide groups is 1. The molecule has 0 spiro atoms. The van der Waals surface area contributed by atoms with Gasteiger partial charge in [-0.05, 0) is 31.2 Å². The van der Waals surface area contributed by atoms with Gasteiger partial charge in [0, 0.05) is 25.9 Å². The summed E-state index contributed by atoms with van der Waals surface area (Å²) in [4.78, 5) is 38.5. The van der Waals surface area contributed by atoms with Gasteiger partial charge in [0.05, 0.1) is 29.8 Å². The molecule has 1 aromatic carbocycles. The molecule has 2 aliphatic rings. The second-order valence-corrected chi connectivity index (χ2v) is 8.11. The molecule has 27 heavy (non-hydrogen) atoms. The number of anilines is 1. The number of nitrogens with one attached hydrogen (secondary N) is 1. The second kappa shape index (κ2) is 7.75. The van der Waals surface area contributed by atoms with Crippen LogP contribution < -0.4 is 9.62 Å². The maximum Gasteiger partial charge on any atom is 0.241 e. The minimum Gasteiger partial charge on any atom is -0.378 e. The van der Waals surface area contributed by atoms with E-state index < -0.39 is 16.1 Å². The maximum absolute atomic E-state index is 12.5. The Kier molecular flexibility index (Phi) is 5.59. The molecule has 1 aromatic rings. The molecule has 146 valence electrons. The van der Waals surface area contributed by atoms with E-state index in [1.54, 1.807) is 4.90 Å². The first kappa shape index (κ1) is 19.5. The SMILES string of the molecule is C[C@H](NS(=O)(=O)c1ccc(N2C(=O)CCC2=O)cc1)C(=O)N1CCOCC1. The van der Waals surface area contributed by atoms with E-state index in [4.69, 9.17) is 4.74 Å². The van der Waals surface area contributed by atoms with Gasteiger partial charge in [0.15, 0.2) is 0 Å². The third-order valence-corrected chi connectivity index (χ3v) is 6.04. The summed E-state index contributed by atoms with van der Waals surface area (Å²) in [5.41, 5.74) is 0.332. The zero-order valence-corrected chi connectivity index (χ0v) is 15.7. The first-order chi connectivity index (χ1) is 12.8. The number of nitrogens with zero attached hydrogens (tertiary/aromatic N) is 2. The van der Waals surface area contributed by atoms with Crippen molar-refractivity contribution >= 4 is 33.4 Å². The average molecular weight is 395 g/mol. The Labute approximate surface area is 157 Å². The highest BCUT2D eigenvalue weighted by atomic mass is 32.2. The van der Waals surface area contributed by atoms with Crippen LogP contribution in [0.1, 0.15) is 19.8 Å². The molecule has 3 amide bonds. The summed E-state index contributed by atoms with van der Waals surface area (Å²) < 4.78 is 32.6. The van der Waals surface area contributed by atoms with Gasteiger partial charge in [0.1, 0.15) is 0 Å². The summed E-state index contributed by atoms with van der Waals surface area (Å²) in [6, 6.07) is 4.51. The van der Waals surface area contributed by atoms with Crippen LogP contribution in [0.4, 0.5) is 5.69 Å². The predicted octanol–water partition coefficient (Wildman–Crippen LogP) is -0.134. The van der Waals surface area contributed by atoms with Crippen LogP contribution in [0.15, 0.2) is 29.2 Å². The molecule has 0 aliphatic carbocycles. The third kappa shape index (κ3) is 4.18. The van der Waals surface area contributed by atoms with Crippen LogP contribution in [0.25, 0.3) is 0 Å². The molecule has 0 unspecified atom stereocenters. The third-order valence-electron chi connectivity index (χ3n) is 4.48. The van der Waals surface area contributed by atoms with Gasteiger partial charge >= 0.3 is 0 Å². The minimum atomic E-state index is -3.93. The Bertz CT molecular complexity index is 830. The number of benzene rings is 1. The molecule has 1 N–H and O–H groups in total. The highest BCUT2D eigenvalue weighted by Crippen LogP contribution is 2.24. The lowest BCUT2D eigenvalue weighted by Gasteiger charge is -2.29. The number of hydrogen-bond donors (Lipinski definition) is 1. The zero-order valence-electron chi connectivity index (χ0n) is 14.9. The van der Waals surface area contributed by atoms with Crippen LogP contribution in [-0.2, 0) is 29.1 Å². The summed E-state index contributed by atoms with van der Waals surface area (Å²) in [5.74, 6) is -0.927. The largest absolute Gasteiger partial charge is 0.378 e. The topological polar surface area (TPSA) is 113 Å².